The Morgan fingerprint density at radius 2 is 2.05 bits per heavy atom. The van der Waals surface area contributed by atoms with Crippen LogP contribution in [0.3, 0.4) is 0 Å². The first-order valence-electron chi connectivity index (χ1n) is 6.53. The van der Waals surface area contributed by atoms with Gasteiger partial charge in [0.2, 0.25) is 5.91 Å². The maximum absolute atomic E-state index is 12.4. The van der Waals surface area contributed by atoms with Crippen molar-refractivity contribution in [1.29, 1.82) is 0 Å². The summed E-state index contributed by atoms with van der Waals surface area (Å²) < 4.78 is 0. The maximum atomic E-state index is 12.4. The molecule has 0 radical (unpaired) electrons. The molecule has 104 valence electrons. The summed E-state index contributed by atoms with van der Waals surface area (Å²) in [7, 11) is 0. The number of benzene rings is 1. The molecule has 0 bridgehead atoms. The van der Waals surface area contributed by atoms with Gasteiger partial charge in [-0.2, -0.15) is 0 Å². The van der Waals surface area contributed by atoms with Crippen molar-refractivity contribution in [1.82, 2.24) is 10.2 Å². The predicted molar refractivity (Wildman–Crippen MR) is 78.6 cm³/mol. The van der Waals surface area contributed by atoms with Crippen molar-refractivity contribution in [3.8, 4) is 0 Å². The van der Waals surface area contributed by atoms with Crippen LogP contribution >= 0.6 is 11.6 Å². The lowest BCUT2D eigenvalue weighted by Gasteiger charge is -2.39. The number of nitrogens with one attached hydrogen (secondary N) is 2. The summed E-state index contributed by atoms with van der Waals surface area (Å²) in [6.45, 7) is 7.53. The van der Waals surface area contributed by atoms with E-state index in [0.29, 0.717) is 5.02 Å². The number of anilines is 1. The van der Waals surface area contributed by atoms with E-state index < -0.39 is 5.54 Å². The van der Waals surface area contributed by atoms with Crippen molar-refractivity contribution in [3.05, 3.63) is 29.3 Å². The van der Waals surface area contributed by atoms with Gasteiger partial charge in [0.15, 0.2) is 0 Å². The van der Waals surface area contributed by atoms with E-state index in [2.05, 4.69) is 15.5 Å². The molecule has 1 aliphatic rings. The molecule has 1 saturated heterocycles. The lowest BCUT2D eigenvalue weighted by atomic mass is 10.0. The van der Waals surface area contributed by atoms with E-state index in [9.17, 15) is 4.79 Å². The van der Waals surface area contributed by atoms with Crippen molar-refractivity contribution >= 4 is 23.2 Å². The summed E-state index contributed by atoms with van der Waals surface area (Å²) in [6, 6.07) is 7.22. The van der Waals surface area contributed by atoms with Crippen molar-refractivity contribution in [2.45, 2.75) is 19.4 Å². The zero-order valence-electron chi connectivity index (χ0n) is 11.4. The minimum atomic E-state index is -0.523. The minimum Gasteiger partial charge on any atom is -0.324 e. The maximum Gasteiger partial charge on any atom is 0.244 e. The lowest BCUT2D eigenvalue weighted by molar-refractivity contribution is -0.126. The molecule has 19 heavy (non-hydrogen) atoms. The van der Waals surface area contributed by atoms with Crippen LogP contribution < -0.4 is 10.6 Å². The molecule has 0 aliphatic carbocycles. The van der Waals surface area contributed by atoms with E-state index in [1.807, 2.05) is 26.0 Å². The number of amides is 1. The van der Waals surface area contributed by atoms with E-state index in [0.717, 1.165) is 31.9 Å². The average Bonchev–Trinajstić information content (AvgIpc) is 2.39. The van der Waals surface area contributed by atoms with Crippen LogP contribution in [0.2, 0.25) is 5.02 Å². The van der Waals surface area contributed by atoms with Gasteiger partial charge < -0.3 is 10.6 Å². The van der Waals surface area contributed by atoms with Gasteiger partial charge in [-0.25, -0.2) is 0 Å². The number of halogens is 1. The summed E-state index contributed by atoms with van der Waals surface area (Å²) in [6.07, 6.45) is 0. The highest BCUT2D eigenvalue weighted by Crippen LogP contribution is 2.20. The third-order valence-corrected chi connectivity index (χ3v) is 3.78. The highest BCUT2D eigenvalue weighted by atomic mass is 35.5. The smallest absolute Gasteiger partial charge is 0.244 e. The van der Waals surface area contributed by atoms with Crippen molar-refractivity contribution < 1.29 is 4.79 Å². The summed E-state index contributed by atoms with van der Waals surface area (Å²) >= 11 is 5.92. The molecule has 1 aromatic rings. The van der Waals surface area contributed by atoms with Gasteiger partial charge in [-0.05, 0) is 32.0 Å². The van der Waals surface area contributed by atoms with E-state index in [1.165, 1.54) is 0 Å². The van der Waals surface area contributed by atoms with Crippen LogP contribution in [0.4, 0.5) is 5.69 Å². The molecule has 1 aromatic carbocycles. The van der Waals surface area contributed by atoms with Gasteiger partial charge >= 0.3 is 0 Å². The second-order valence-corrected chi connectivity index (χ2v) is 5.70. The van der Waals surface area contributed by atoms with Crippen molar-refractivity contribution in [2.24, 2.45) is 0 Å². The number of carbonyl (C=O) groups excluding carboxylic acids is 1. The molecule has 0 spiro atoms. The van der Waals surface area contributed by atoms with Gasteiger partial charge in [0.1, 0.15) is 0 Å². The van der Waals surface area contributed by atoms with Gasteiger partial charge in [0, 0.05) is 36.9 Å². The second kappa shape index (κ2) is 5.90. The Bertz CT molecular complexity index is 456. The van der Waals surface area contributed by atoms with Crippen LogP contribution in [0.25, 0.3) is 0 Å². The number of carbonyl (C=O) groups is 1. The third-order valence-electron chi connectivity index (χ3n) is 3.55. The SMILES string of the molecule is CC(C)(C(=O)Nc1cccc(Cl)c1)N1CCNCC1. The average molecular weight is 282 g/mol. The molecule has 0 atom stereocenters. The Morgan fingerprint density at radius 1 is 1.37 bits per heavy atom. The fourth-order valence-corrected chi connectivity index (χ4v) is 2.41. The minimum absolute atomic E-state index is 0.00309. The molecule has 1 fully saturated rings. The highest BCUT2D eigenvalue weighted by Gasteiger charge is 2.35. The molecule has 1 amide bonds. The van der Waals surface area contributed by atoms with E-state index in [1.54, 1.807) is 12.1 Å². The van der Waals surface area contributed by atoms with Gasteiger partial charge in [0.05, 0.1) is 5.54 Å². The van der Waals surface area contributed by atoms with E-state index in [4.69, 9.17) is 11.6 Å². The van der Waals surface area contributed by atoms with Crippen LogP contribution in [-0.4, -0.2) is 42.5 Å². The molecule has 2 N–H and O–H groups in total. The zero-order chi connectivity index (χ0) is 13.9. The van der Waals surface area contributed by atoms with Crippen molar-refractivity contribution in [3.63, 3.8) is 0 Å². The quantitative estimate of drug-likeness (QED) is 0.890. The van der Waals surface area contributed by atoms with Crippen LogP contribution in [0.1, 0.15) is 13.8 Å². The predicted octanol–water partition coefficient (Wildman–Crippen LogP) is 1.96. The summed E-state index contributed by atoms with van der Waals surface area (Å²) in [5.74, 6) is -0.00309. The third kappa shape index (κ3) is 3.47. The zero-order valence-corrected chi connectivity index (χ0v) is 12.1. The van der Waals surface area contributed by atoms with Crippen LogP contribution in [0.15, 0.2) is 24.3 Å². The summed E-state index contributed by atoms with van der Waals surface area (Å²) in [5.41, 5.74) is 0.213. The Hall–Kier alpha value is -1.10. The Labute approximate surface area is 119 Å². The molecule has 5 heteroatoms. The number of nitrogens with zero attached hydrogens (tertiary/aromatic N) is 1. The monoisotopic (exact) mass is 281 g/mol. The Kier molecular flexibility index (Phi) is 4.45. The first-order valence-corrected chi connectivity index (χ1v) is 6.91. The van der Waals surface area contributed by atoms with Crippen LogP contribution in [0.5, 0.6) is 0 Å². The molecule has 0 unspecified atom stereocenters. The Balaban J connectivity index is 2.05. The largest absolute Gasteiger partial charge is 0.324 e. The highest BCUT2D eigenvalue weighted by molar-refractivity contribution is 6.30. The first kappa shape index (κ1) is 14.3. The van der Waals surface area contributed by atoms with Gasteiger partial charge in [-0.15, -0.1) is 0 Å². The van der Waals surface area contributed by atoms with Crippen LogP contribution in [-0.2, 0) is 4.79 Å². The lowest BCUT2D eigenvalue weighted by Crippen LogP contribution is -2.58. The second-order valence-electron chi connectivity index (χ2n) is 5.26. The molecule has 1 aliphatic heterocycles. The van der Waals surface area contributed by atoms with Gasteiger partial charge in [-0.1, -0.05) is 17.7 Å². The fourth-order valence-electron chi connectivity index (χ4n) is 2.22. The van der Waals surface area contributed by atoms with Gasteiger partial charge in [-0.3, -0.25) is 9.69 Å². The number of rotatable bonds is 3. The number of hydrogen-bond donors (Lipinski definition) is 2. The normalized spacial score (nSPS) is 17.2. The van der Waals surface area contributed by atoms with Gasteiger partial charge in [0.25, 0.3) is 0 Å². The standard InChI is InChI=1S/C14H20ClN3O/c1-14(2,18-8-6-16-7-9-18)13(19)17-12-5-3-4-11(15)10-12/h3-5,10,16H,6-9H2,1-2H3,(H,17,19). The molecule has 1 heterocycles. The fraction of sp³-hybridized carbons (Fsp3) is 0.500. The first-order chi connectivity index (χ1) is 9.00. The molecule has 4 nitrogen and oxygen atoms in total. The molecule has 0 aromatic heterocycles. The van der Waals surface area contributed by atoms with Crippen molar-refractivity contribution in [2.75, 3.05) is 31.5 Å². The Morgan fingerprint density at radius 3 is 2.68 bits per heavy atom. The molecular formula is C14H20ClN3O. The molecule has 0 saturated carbocycles. The molecular weight excluding hydrogens is 262 g/mol. The number of hydrogen-bond acceptors (Lipinski definition) is 3. The van der Waals surface area contributed by atoms with Crippen LogP contribution in [0, 0.1) is 0 Å². The summed E-state index contributed by atoms with van der Waals surface area (Å²) in [4.78, 5) is 14.6. The molecule has 2 rings (SSSR count). The van der Waals surface area contributed by atoms with E-state index in [-0.39, 0.29) is 5.91 Å². The summed E-state index contributed by atoms with van der Waals surface area (Å²) in [5, 5.41) is 6.85. The topological polar surface area (TPSA) is 44.4 Å². The number of piperazine rings is 1. The van der Waals surface area contributed by atoms with E-state index >= 15 is 0 Å².